The smallest absolute Gasteiger partial charge is 0.315 e. The summed E-state index contributed by atoms with van der Waals surface area (Å²) in [5.41, 5.74) is 2.80. The minimum absolute atomic E-state index is 0.0185. The van der Waals surface area contributed by atoms with Crippen molar-refractivity contribution in [2.45, 2.75) is 77.7 Å². The number of aryl methyl sites for hydroxylation is 1. The summed E-state index contributed by atoms with van der Waals surface area (Å²) in [6.07, 6.45) is 5.87. The molecule has 9 heteroatoms. The van der Waals surface area contributed by atoms with Gasteiger partial charge in [-0.15, -0.1) is 0 Å². The highest BCUT2D eigenvalue weighted by Gasteiger charge is 2.48. The van der Waals surface area contributed by atoms with Crippen LogP contribution in [0.25, 0.3) is 0 Å². The van der Waals surface area contributed by atoms with Gasteiger partial charge >= 0.3 is 5.97 Å². The summed E-state index contributed by atoms with van der Waals surface area (Å²) in [5.74, 6) is 2.09. The highest BCUT2D eigenvalue weighted by atomic mass is 32.2. The highest BCUT2D eigenvalue weighted by Crippen LogP contribution is 2.37. The van der Waals surface area contributed by atoms with Gasteiger partial charge in [0.25, 0.3) is 5.91 Å². The molecule has 0 atom stereocenters. The largest absolute Gasteiger partial charge is 0.426 e. The average Bonchev–Trinajstić information content (AvgIpc) is 3.34. The molecule has 2 fully saturated rings. The second kappa shape index (κ2) is 9.00. The van der Waals surface area contributed by atoms with Crippen molar-refractivity contribution in [2.75, 3.05) is 18.8 Å². The molecule has 3 aliphatic heterocycles. The summed E-state index contributed by atoms with van der Waals surface area (Å²) >= 11 is 0. The fraction of sp³-hybridized carbons (Fsp3) is 0.654. The molecule has 1 amide bonds. The first-order valence-corrected chi connectivity index (χ1v) is 14.4. The summed E-state index contributed by atoms with van der Waals surface area (Å²) in [7, 11) is -3.50. The first-order chi connectivity index (χ1) is 16.6. The number of fused-ring (bicyclic) bond motifs is 1. The fourth-order valence-electron chi connectivity index (χ4n) is 6.15. The van der Waals surface area contributed by atoms with E-state index in [1.807, 2.05) is 19.9 Å². The zero-order chi connectivity index (χ0) is 25.0. The van der Waals surface area contributed by atoms with E-state index in [-0.39, 0.29) is 24.1 Å². The van der Waals surface area contributed by atoms with Gasteiger partial charge in [0.05, 0.1) is 12.2 Å². The van der Waals surface area contributed by atoms with Crippen LogP contribution in [0.15, 0.2) is 11.1 Å². The number of sulfonamides is 1. The lowest BCUT2D eigenvalue weighted by Gasteiger charge is -2.34. The number of carbonyl (C=O) groups excluding carboxylic acids is 2. The van der Waals surface area contributed by atoms with E-state index >= 15 is 0 Å². The molecule has 1 aromatic rings. The Morgan fingerprint density at radius 3 is 2.51 bits per heavy atom. The number of ether oxygens (including phenoxy) is 1. The van der Waals surface area contributed by atoms with Gasteiger partial charge in [0, 0.05) is 24.6 Å². The minimum atomic E-state index is -3.50. The van der Waals surface area contributed by atoms with E-state index in [1.54, 1.807) is 0 Å². The van der Waals surface area contributed by atoms with Crippen molar-refractivity contribution < 1.29 is 22.7 Å². The molecule has 0 bridgehead atoms. The number of aliphatic imine (C=N–C) groups is 1. The van der Waals surface area contributed by atoms with E-state index < -0.39 is 15.6 Å². The Balaban J connectivity index is 1.23. The predicted molar refractivity (Wildman–Crippen MR) is 133 cm³/mol. The maximum Gasteiger partial charge on any atom is 0.315 e. The first-order valence-electron chi connectivity index (χ1n) is 12.8. The Hall–Kier alpha value is -2.26. The van der Waals surface area contributed by atoms with Crippen molar-refractivity contribution in [3.63, 3.8) is 0 Å². The van der Waals surface area contributed by atoms with Crippen molar-refractivity contribution in [2.24, 2.45) is 16.8 Å². The summed E-state index contributed by atoms with van der Waals surface area (Å²) in [6.45, 7) is 6.70. The van der Waals surface area contributed by atoms with E-state index in [9.17, 15) is 18.0 Å². The number of piperidine rings is 1. The quantitative estimate of drug-likeness (QED) is 0.493. The summed E-state index contributed by atoms with van der Waals surface area (Å²) in [4.78, 5) is 29.5. The van der Waals surface area contributed by atoms with Gasteiger partial charge in [0.2, 0.25) is 10.0 Å². The van der Waals surface area contributed by atoms with E-state index in [0.29, 0.717) is 44.0 Å². The van der Waals surface area contributed by atoms with Crippen LogP contribution in [0.5, 0.6) is 5.75 Å². The van der Waals surface area contributed by atoms with Crippen LogP contribution in [0.3, 0.4) is 0 Å². The molecule has 1 saturated heterocycles. The van der Waals surface area contributed by atoms with Gasteiger partial charge in [0.15, 0.2) is 0 Å². The SMILES string of the molecule is Cc1cc2c(c(C)c1CCS(=O)(=O)N1CCC3(CC1)N=C(C1CCC(C)CC1)NC3=O)OC(=O)C2. The van der Waals surface area contributed by atoms with Gasteiger partial charge in [-0.05, 0) is 68.6 Å². The summed E-state index contributed by atoms with van der Waals surface area (Å²) < 4.78 is 33.3. The Bertz CT molecular complexity index is 1190. The van der Waals surface area contributed by atoms with E-state index in [4.69, 9.17) is 9.73 Å². The maximum absolute atomic E-state index is 13.2. The van der Waals surface area contributed by atoms with Crippen LogP contribution in [0.2, 0.25) is 0 Å². The third-order valence-electron chi connectivity index (χ3n) is 8.46. The molecule has 1 aromatic carbocycles. The van der Waals surface area contributed by atoms with Gasteiger partial charge < -0.3 is 10.1 Å². The third kappa shape index (κ3) is 4.53. The monoisotopic (exact) mass is 501 g/mol. The molecule has 3 heterocycles. The second-order valence-electron chi connectivity index (χ2n) is 10.8. The van der Waals surface area contributed by atoms with E-state index in [0.717, 1.165) is 59.7 Å². The lowest BCUT2D eigenvalue weighted by molar-refractivity contribution is -0.132. The third-order valence-corrected chi connectivity index (χ3v) is 10.3. The summed E-state index contributed by atoms with van der Waals surface area (Å²) in [5, 5.41) is 3.04. The molecular weight excluding hydrogens is 466 g/mol. The molecular formula is C26H35N3O5S. The molecule has 0 radical (unpaired) electrons. The molecule has 0 unspecified atom stereocenters. The lowest BCUT2D eigenvalue weighted by atomic mass is 9.82. The Morgan fingerprint density at radius 2 is 1.83 bits per heavy atom. The van der Waals surface area contributed by atoms with Crippen LogP contribution in [-0.2, 0) is 32.5 Å². The van der Waals surface area contributed by atoms with E-state index in [2.05, 4.69) is 12.2 Å². The number of amides is 1. The standard InChI is InChI=1S/C26H35N3O5S/c1-16-4-6-19(7-5-16)24-27-25(31)26(28-24)9-11-29(12-10-26)35(32,33)13-8-21-17(2)14-20-15-22(30)34-23(20)18(21)3/h14,16,19H,4-13,15H2,1-3H3,(H,27,28,31). The van der Waals surface area contributed by atoms with Gasteiger partial charge in [-0.1, -0.05) is 25.8 Å². The van der Waals surface area contributed by atoms with Crippen molar-refractivity contribution in [3.05, 3.63) is 28.3 Å². The number of carbonyl (C=O) groups is 2. The number of benzene rings is 1. The number of esters is 1. The molecule has 4 aliphatic rings. The number of nitrogens with one attached hydrogen (secondary N) is 1. The first kappa shape index (κ1) is 24.4. The van der Waals surface area contributed by atoms with Gasteiger partial charge in [-0.2, -0.15) is 0 Å². The van der Waals surface area contributed by atoms with Crippen LogP contribution >= 0.6 is 0 Å². The lowest BCUT2D eigenvalue weighted by Crippen LogP contribution is -2.51. The summed E-state index contributed by atoms with van der Waals surface area (Å²) in [6, 6.07) is 1.93. The number of hydrogen-bond acceptors (Lipinski definition) is 6. The van der Waals surface area contributed by atoms with Crippen molar-refractivity contribution >= 4 is 27.7 Å². The Kier molecular flexibility index (Phi) is 6.28. The normalized spacial score (nSPS) is 26.4. The number of nitrogens with zero attached hydrogens (tertiary/aromatic N) is 2. The number of hydrogen-bond donors (Lipinski definition) is 1. The molecule has 0 aromatic heterocycles. The molecule has 35 heavy (non-hydrogen) atoms. The van der Waals surface area contributed by atoms with Crippen LogP contribution in [-0.4, -0.2) is 54.8 Å². The topological polar surface area (TPSA) is 105 Å². The zero-order valence-corrected chi connectivity index (χ0v) is 21.7. The van der Waals surface area contributed by atoms with Crippen molar-refractivity contribution in [1.82, 2.24) is 9.62 Å². The predicted octanol–water partition coefficient (Wildman–Crippen LogP) is 2.83. The number of amidine groups is 1. The van der Waals surface area contributed by atoms with Crippen LogP contribution in [0.1, 0.15) is 67.7 Å². The van der Waals surface area contributed by atoms with Crippen LogP contribution < -0.4 is 10.1 Å². The Morgan fingerprint density at radius 1 is 1.14 bits per heavy atom. The van der Waals surface area contributed by atoms with Crippen molar-refractivity contribution in [3.8, 4) is 5.75 Å². The Labute approximate surface area is 207 Å². The van der Waals surface area contributed by atoms with Crippen molar-refractivity contribution in [1.29, 1.82) is 0 Å². The van der Waals surface area contributed by atoms with Gasteiger partial charge in [0.1, 0.15) is 17.1 Å². The number of rotatable bonds is 5. The zero-order valence-electron chi connectivity index (χ0n) is 20.9. The molecule has 1 aliphatic carbocycles. The molecule has 5 rings (SSSR count). The van der Waals surface area contributed by atoms with E-state index in [1.165, 1.54) is 4.31 Å². The van der Waals surface area contributed by atoms with Crippen LogP contribution in [0.4, 0.5) is 0 Å². The maximum atomic E-state index is 13.2. The second-order valence-corrected chi connectivity index (χ2v) is 12.9. The molecule has 190 valence electrons. The molecule has 1 saturated carbocycles. The minimum Gasteiger partial charge on any atom is -0.426 e. The highest BCUT2D eigenvalue weighted by molar-refractivity contribution is 7.89. The molecule has 8 nitrogen and oxygen atoms in total. The molecule has 1 N–H and O–H groups in total. The van der Waals surface area contributed by atoms with Gasteiger partial charge in [-0.25, -0.2) is 12.7 Å². The van der Waals surface area contributed by atoms with Gasteiger partial charge in [-0.3, -0.25) is 14.6 Å². The molecule has 1 spiro atoms. The van der Waals surface area contributed by atoms with Crippen LogP contribution in [0, 0.1) is 25.7 Å². The average molecular weight is 502 g/mol. The fourth-order valence-corrected chi connectivity index (χ4v) is 7.61.